The lowest BCUT2D eigenvalue weighted by Crippen LogP contribution is -2.39. The van der Waals surface area contributed by atoms with E-state index in [4.69, 9.17) is 16.3 Å². The first-order valence-corrected chi connectivity index (χ1v) is 15.8. The van der Waals surface area contributed by atoms with Crippen molar-refractivity contribution in [1.29, 1.82) is 0 Å². The third-order valence-corrected chi connectivity index (χ3v) is 9.88. The lowest BCUT2D eigenvalue weighted by atomic mass is 9.89. The van der Waals surface area contributed by atoms with Gasteiger partial charge in [0.2, 0.25) is 5.95 Å². The van der Waals surface area contributed by atoms with Crippen LogP contribution in [0.2, 0.25) is 5.02 Å². The van der Waals surface area contributed by atoms with Crippen molar-refractivity contribution in [1.82, 2.24) is 14.9 Å². The van der Waals surface area contributed by atoms with Crippen molar-refractivity contribution in [3.63, 3.8) is 0 Å². The Morgan fingerprint density at radius 2 is 1.78 bits per heavy atom. The van der Waals surface area contributed by atoms with E-state index in [9.17, 15) is 8.42 Å². The molecule has 220 valence electrons. The summed E-state index contributed by atoms with van der Waals surface area (Å²) in [6.45, 7) is 13.8. The van der Waals surface area contributed by atoms with Gasteiger partial charge in [0.15, 0.2) is 15.7 Å². The maximum absolute atomic E-state index is 12.9. The average Bonchev–Trinajstić information content (AvgIpc) is 2.90. The number of benzene rings is 2. The Morgan fingerprint density at radius 3 is 2.44 bits per heavy atom. The molecule has 1 aliphatic rings. The van der Waals surface area contributed by atoms with Gasteiger partial charge in [-0.1, -0.05) is 29.8 Å². The second kappa shape index (κ2) is 12.4. The summed E-state index contributed by atoms with van der Waals surface area (Å²) in [5.41, 5.74) is 4.71. The molecule has 1 aromatic heterocycles. The van der Waals surface area contributed by atoms with Crippen LogP contribution in [0.5, 0.6) is 5.75 Å². The second-order valence-electron chi connectivity index (χ2n) is 11.2. The first-order valence-electron chi connectivity index (χ1n) is 13.9. The van der Waals surface area contributed by atoms with Gasteiger partial charge in [0.05, 0.1) is 33.8 Å². The lowest BCUT2D eigenvalue weighted by Gasteiger charge is -2.35. The minimum atomic E-state index is -3.53. The van der Waals surface area contributed by atoms with Crippen molar-refractivity contribution in [2.75, 3.05) is 17.7 Å². The predicted octanol–water partition coefficient (Wildman–Crippen LogP) is 7.39. The van der Waals surface area contributed by atoms with Crippen LogP contribution in [0, 0.1) is 6.92 Å². The SMILES string of the molecule is Cc1cc(Nc2ncc(Cl)c(Nc3ccccc3S(=O)(=O)C(C)C)n2)c(OC(C)C)cc1C1=CC(C)N(C)C(C)C1. The Morgan fingerprint density at radius 1 is 1.07 bits per heavy atom. The molecule has 3 aromatic rings. The maximum atomic E-state index is 12.9. The maximum Gasteiger partial charge on any atom is 0.229 e. The highest BCUT2D eigenvalue weighted by molar-refractivity contribution is 7.92. The topological polar surface area (TPSA) is 96.5 Å². The van der Waals surface area contributed by atoms with Crippen molar-refractivity contribution in [3.05, 3.63) is 64.8 Å². The minimum absolute atomic E-state index is 0.0433. The first-order chi connectivity index (χ1) is 19.3. The lowest BCUT2D eigenvalue weighted by molar-refractivity contribution is 0.220. The molecule has 41 heavy (non-hydrogen) atoms. The summed E-state index contributed by atoms with van der Waals surface area (Å²) >= 11 is 6.45. The molecular weight excluding hydrogens is 558 g/mol. The van der Waals surface area contributed by atoms with Gasteiger partial charge in [-0.05, 0) is 103 Å². The third-order valence-electron chi connectivity index (χ3n) is 7.39. The van der Waals surface area contributed by atoms with Crippen molar-refractivity contribution in [2.24, 2.45) is 0 Å². The molecule has 2 atom stereocenters. The Labute approximate surface area is 249 Å². The molecule has 2 unspecified atom stereocenters. The number of hydrogen-bond donors (Lipinski definition) is 2. The summed E-state index contributed by atoms with van der Waals surface area (Å²) in [7, 11) is -1.37. The van der Waals surface area contributed by atoms with Crippen LogP contribution in [-0.4, -0.2) is 53.8 Å². The van der Waals surface area contributed by atoms with Crippen LogP contribution in [0.25, 0.3) is 5.57 Å². The van der Waals surface area contributed by atoms with E-state index in [2.05, 4.69) is 71.5 Å². The van der Waals surface area contributed by atoms with Gasteiger partial charge in [-0.3, -0.25) is 4.90 Å². The number of aromatic nitrogens is 2. The molecule has 0 spiro atoms. The molecule has 0 saturated heterocycles. The summed E-state index contributed by atoms with van der Waals surface area (Å²) in [6.07, 6.45) is 4.72. The van der Waals surface area contributed by atoms with E-state index in [-0.39, 0.29) is 21.8 Å². The normalized spacial score (nSPS) is 18.0. The highest BCUT2D eigenvalue weighted by atomic mass is 35.5. The van der Waals surface area contributed by atoms with Gasteiger partial charge >= 0.3 is 0 Å². The largest absolute Gasteiger partial charge is 0.489 e. The summed E-state index contributed by atoms with van der Waals surface area (Å²) in [6, 6.07) is 11.6. The fourth-order valence-corrected chi connectivity index (χ4v) is 6.20. The number of likely N-dealkylation sites (N-methyl/N-ethyl adjacent to an activating group) is 1. The minimum Gasteiger partial charge on any atom is -0.489 e. The molecule has 4 rings (SSSR count). The van der Waals surface area contributed by atoms with E-state index in [1.807, 2.05) is 13.8 Å². The monoisotopic (exact) mass is 597 g/mol. The van der Waals surface area contributed by atoms with Gasteiger partial charge in [-0.25, -0.2) is 13.4 Å². The molecule has 2 heterocycles. The van der Waals surface area contributed by atoms with Gasteiger partial charge in [0, 0.05) is 12.1 Å². The van der Waals surface area contributed by atoms with Crippen LogP contribution >= 0.6 is 11.6 Å². The molecule has 2 aromatic carbocycles. The fourth-order valence-electron chi connectivity index (χ4n) is 4.86. The number of sulfone groups is 1. The Kier molecular flexibility index (Phi) is 9.31. The molecule has 0 bridgehead atoms. The van der Waals surface area contributed by atoms with E-state index < -0.39 is 15.1 Å². The van der Waals surface area contributed by atoms with E-state index in [1.165, 1.54) is 17.3 Å². The first kappa shape index (κ1) is 30.8. The van der Waals surface area contributed by atoms with E-state index >= 15 is 0 Å². The summed E-state index contributed by atoms with van der Waals surface area (Å²) in [5, 5.41) is 6.08. The summed E-state index contributed by atoms with van der Waals surface area (Å²) in [4.78, 5) is 11.5. The highest BCUT2D eigenvalue weighted by Crippen LogP contribution is 2.38. The van der Waals surface area contributed by atoms with Crippen LogP contribution in [0.1, 0.15) is 59.1 Å². The summed E-state index contributed by atoms with van der Waals surface area (Å²) in [5.74, 6) is 1.28. The van der Waals surface area contributed by atoms with Crippen LogP contribution in [0.4, 0.5) is 23.1 Å². The molecule has 2 N–H and O–H groups in total. The number of nitrogens with zero attached hydrogens (tertiary/aromatic N) is 3. The Bertz CT molecular complexity index is 1560. The molecule has 10 heteroatoms. The van der Waals surface area contributed by atoms with Gasteiger partial charge < -0.3 is 15.4 Å². The van der Waals surface area contributed by atoms with Gasteiger partial charge in [0.25, 0.3) is 0 Å². The van der Waals surface area contributed by atoms with E-state index in [1.54, 1.807) is 38.1 Å². The van der Waals surface area contributed by atoms with Gasteiger partial charge in [-0.2, -0.15) is 4.98 Å². The number of rotatable bonds is 9. The number of aryl methyl sites for hydroxylation is 1. The Hall–Kier alpha value is -3.14. The quantitative estimate of drug-likeness (QED) is 0.263. The highest BCUT2D eigenvalue weighted by Gasteiger charge is 2.25. The van der Waals surface area contributed by atoms with Crippen molar-refractivity contribution in [2.45, 2.75) is 83.2 Å². The number of halogens is 1. The average molecular weight is 598 g/mol. The zero-order valence-corrected chi connectivity index (χ0v) is 26.6. The molecular formula is C31H40ClN5O3S. The molecule has 1 aliphatic heterocycles. The van der Waals surface area contributed by atoms with Crippen LogP contribution < -0.4 is 15.4 Å². The predicted molar refractivity (Wildman–Crippen MR) is 169 cm³/mol. The van der Waals surface area contributed by atoms with E-state index in [0.717, 1.165) is 17.7 Å². The van der Waals surface area contributed by atoms with Gasteiger partial charge in [-0.15, -0.1) is 0 Å². The smallest absolute Gasteiger partial charge is 0.229 e. The van der Waals surface area contributed by atoms with Crippen LogP contribution in [-0.2, 0) is 9.84 Å². The Balaban J connectivity index is 1.69. The number of anilines is 4. The number of ether oxygens (including phenoxy) is 1. The zero-order valence-electron chi connectivity index (χ0n) is 25.0. The molecule has 0 amide bonds. The number of para-hydroxylation sites is 1. The van der Waals surface area contributed by atoms with Gasteiger partial charge in [0.1, 0.15) is 10.8 Å². The molecule has 8 nitrogen and oxygen atoms in total. The summed E-state index contributed by atoms with van der Waals surface area (Å²) < 4.78 is 32.1. The van der Waals surface area contributed by atoms with E-state index in [0.29, 0.717) is 29.5 Å². The van der Waals surface area contributed by atoms with Crippen molar-refractivity contribution < 1.29 is 13.2 Å². The van der Waals surface area contributed by atoms with Crippen LogP contribution in [0.3, 0.4) is 0 Å². The third kappa shape index (κ3) is 6.85. The fraction of sp³-hybridized carbons (Fsp3) is 0.419. The molecule has 0 aliphatic carbocycles. The van der Waals surface area contributed by atoms with Crippen LogP contribution in [0.15, 0.2) is 53.6 Å². The molecule has 0 fully saturated rings. The van der Waals surface area contributed by atoms with Crippen molar-refractivity contribution in [3.8, 4) is 5.75 Å². The second-order valence-corrected chi connectivity index (χ2v) is 14.1. The zero-order chi connectivity index (χ0) is 30.1. The molecule has 0 radical (unpaired) electrons. The number of hydrogen-bond acceptors (Lipinski definition) is 8. The molecule has 0 saturated carbocycles. The number of nitrogens with one attached hydrogen (secondary N) is 2. The standard InChI is InChI=1S/C31H40ClN5O3S/c1-18(2)40-28-16-24(23-14-21(6)37(8)22(7)15-23)20(5)13-27(28)35-31-33-17-25(32)30(36-31)34-26-11-9-10-12-29(26)41(38,39)19(3)4/h9-14,16-19,21-22H,15H2,1-8H3,(H2,33,34,35,36). The van der Waals surface area contributed by atoms with Crippen molar-refractivity contribution >= 4 is 50.2 Å².